The van der Waals surface area contributed by atoms with E-state index in [4.69, 9.17) is 0 Å². The number of aromatic amines is 1. The van der Waals surface area contributed by atoms with E-state index in [1.54, 1.807) is 0 Å². The van der Waals surface area contributed by atoms with E-state index in [1.165, 1.54) is 11.1 Å². The van der Waals surface area contributed by atoms with Gasteiger partial charge in [0.05, 0.1) is 5.69 Å². The third kappa shape index (κ3) is 2.15. The highest BCUT2D eigenvalue weighted by Gasteiger charge is 2.00. The first-order valence-electron chi connectivity index (χ1n) is 5.02. The minimum atomic E-state index is 1.04. The van der Waals surface area contributed by atoms with Gasteiger partial charge < -0.3 is 0 Å². The number of rotatable bonds is 2. The van der Waals surface area contributed by atoms with Gasteiger partial charge >= 0.3 is 0 Å². The Bertz CT molecular complexity index is 447. The average Bonchev–Trinajstić information content (AvgIpc) is 2.58. The molecule has 0 spiro atoms. The topological polar surface area (TPSA) is 28.7 Å². The fourth-order valence-electron chi connectivity index (χ4n) is 1.55. The smallest absolute Gasteiger partial charge is 0.0666 e. The number of nitrogens with one attached hydrogen (secondary N) is 1. The molecule has 0 aliphatic carbocycles. The molecule has 0 saturated heterocycles. The molecule has 0 saturated carbocycles. The third-order valence-corrected chi connectivity index (χ3v) is 2.43. The summed E-state index contributed by atoms with van der Waals surface area (Å²) in [5, 5.41) is 7.12. The van der Waals surface area contributed by atoms with Gasteiger partial charge in [0.25, 0.3) is 0 Å². The van der Waals surface area contributed by atoms with Crippen LogP contribution in [0.15, 0.2) is 30.3 Å². The van der Waals surface area contributed by atoms with Gasteiger partial charge in [0.1, 0.15) is 0 Å². The summed E-state index contributed by atoms with van der Waals surface area (Å²) in [4.78, 5) is 0. The maximum atomic E-state index is 4.15. The predicted octanol–water partition coefficient (Wildman–Crippen LogP) is 3.20. The molecule has 76 valence electrons. The molecule has 1 aromatic carbocycles. The quantitative estimate of drug-likeness (QED) is 0.788. The number of benzene rings is 1. The molecule has 1 N–H and O–H groups in total. The van der Waals surface area contributed by atoms with Crippen molar-refractivity contribution in [3.05, 3.63) is 52.8 Å². The molecule has 2 heteroatoms. The van der Waals surface area contributed by atoms with Gasteiger partial charge in [-0.15, -0.1) is 0 Å². The van der Waals surface area contributed by atoms with E-state index in [-0.39, 0.29) is 0 Å². The van der Waals surface area contributed by atoms with Gasteiger partial charge in [0.15, 0.2) is 0 Å². The van der Waals surface area contributed by atoms with Gasteiger partial charge in [-0.2, -0.15) is 5.10 Å². The first-order chi connectivity index (χ1) is 7.27. The van der Waals surface area contributed by atoms with Crippen LogP contribution in [0.1, 0.15) is 22.5 Å². The standard InChI is InChI=1S/C13H14N2/c1-10-13(11(2)15-14-10)9-8-12-6-4-3-5-7-12/h3-9H,1-2H3,(H,14,15). The van der Waals surface area contributed by atoms with Crippen molar-refractivity contribution in [1.82, 2.24) is 10.2 Å². The van der Waals surface area contributed by atoms with Gasteiger partial charge in [-0.3, -0.25) is 5.10 Å². The van der Waals surface area contributed by atoms with Crippen LogP contribution >= 0.6 is 0 Å². The van der Waals surface area contributed by atoms with Crippen LogP contribution in [0.4, 0.5) is 0 Å². The predicted molar refractivity (Wildman–Crippen MR) is 63.4 cm³/mol. The second-order valence-electron chi connectivity index (χ2n) is 3.59. The minimum Gasteiger partial charge on any atom is -0.282 e. The van der Waals surface area contributed by atoms with E-state index in [0.717, 1.165) is 11.4 Å². The lowest BCUT2D eigenvalue weighted by molar-refractivity contribution is 1.02. The van der Waals surface area contributed by atoms with Crippen LogP contribution in [0.5, 0.6) is 0 Å². The Hall–Kier alpha value is -1.83. The van der Waals surface area contributed by atoms with Crippen molar-refractivity contribution in [2.24, 2.45) is 0 Å². The number of aryl methyl sites for hydroxylation is 2. The van der Waals surface area contributed by atoms with Crippen LogP contribution in [-0.2, 0) is 0 Å². The van der Waals surface area contributed by atoms with Gasteiger partial charge in [-0.1, -0.05) is 42.5 Å². The average molecular weight is 198 g/mol. The number of hydrogen-bond acceptors (Lipinski definition) is 1. The van der Waals surface area contributed by atoms with Crippen molar-refractivity contribution in [2.75, 3.05) is 0 Å². The molecular formula is C13H14N2. The SMILES string of the molecule is Cc1n[nH]c(C)c1C=Cc1ccccc1. The monoisotopic (exact) mass is 198 g/mol. The van der Waals surface area contributed by atoms with Gasteiger partial charge in [-0.25, -0.2) is 0 Å². The molecule has 0 amide bonds. The second kappa shape index (κ2) is 4.13. The highest BCUT2D eigenvalue weighted by molar-refractivity contribution is 5.71. The van der Waals surface area contributed by atoms with E-state index in [1.807, 2.05) is 32.0 Å². The van der Waals surface area contributed by atoms with Gasteiger partial charge in [0, 0.05) is 11.3 Å². The summed E-state index contributed by atoms with van der Waals surface area (Å²) < 4.78 is 0. The number of H-pyrrole nitrogens is 1. The molecule has 0 atom stereocenters. The fraction of sp³-hybridized carbons (Fsp3) is 0.154. The lowest BCUT2D eigenvalue weighted by Gasteiger charge is -1.93. The van der Waals surface area contributed by atoms with Gasteiger partial charge in [-0.05, 0) is 19.4 Å². The Kier molecular flexibility index (Phi) is 2.68. The van der Waals surface area contributed by atoms with Crippen LogP contribution in [0.3, 0.4) is 0 Å². The highest BCUT2D eigenvalue weighted by Crippen LogP contribution is 2.13. The van der Waals surface area contributed by atoms with Crippen molar-refractivity contribution in [1.29, 1.82) is 0 Å². The van der Waals surface area contributed by atoms with Crippen LogP contribution in [0.25, 0.3) is 12.2 Å². The summed E-state index contributed by atoms with van der Waals surface area (Å²) in [7, 11) is 0. The molecule has 1 aromatic heterocycles. The Morgan fingerprint density at radius 2 is 1.80 bits per heavy atom. The molecule has 15 heavy (non-hydrogen) atoms. The van der Waals surface area contributed by atoms with Crippen molar-refractivity contribution >= 4 is 12.2 Å². The van der Waals surface area contributed by atoms with E-state index in [9.17, 15) is 0 Å². The Balaban J connectivity index is 2.26. The van der Waals surface area contributed by atoms with Crippen LogP contribution in [0.2, 0.25) is 0 Å². The normalized spacial score (nSPS) is 11.1. The maximum Gasteiger partial charge on any atom is 0.0666 e. The molecule has 2 nitrogen and oxygen atoms in total. The first kappa shape index (κ1) is 9.71. The Morgan fingerprint density at radius 3 is 2.40 bits per heavy atom. The lowest BCUT2D eigenvalue weighted by atomic mass is 10.1. The molecule has 2 rings (SSSR count). The van der Waals surface area contributed by atoms with Crippen LogP contribution < -0.4 is 0 Å². The summed E-state index contributed by atoms with van der Waals surface area (Å²) in [6.45, 7) is 4.04. The van der Waals surface area contributed by atoms with Gasteiger partial charge in [0.2, 0.25) is 0 Å². The molecule has 0 aliphatic heterocycles. The van der Waals surface area contributed by atoms with Crippen LogP contribution in [0, 0.1) is 13.8 Å². The third-order valence-electron chi connectivity index (χ3n) is 2.43. The summed E-state index contributed by atoms with van der Waals surface area (Å²) in [5.74, 6) is 0. The molecule has 0 fully saturated rings. The molecule has 0 aliphatic rings. The molecule has 0 unspecified atom stereocenters. The first-order valence-corrected chi connectivity index (χ1v) is 5.02. The molecule has 2 aromatic rings. The summed E-state index contributed by atoms with van der Waals surface area (Å²) >= 11 is 0. The zero-order valence-corrected chi connectivity index (χ0v) is 8.99. The molecule has 0 bridgehead atoms. The summed E-state index contributed by atoms with van der Waals surface area (Å²) in [6.07, 6.45) is 4.20. The lowest BCUT2D eigenvalue weighted by Crippen LogP contribution is -1.77. The maximum absolute atomic E-state index is 4.15. The molecular weight excluding hydrogens is 184 g/mol. The summed E-state index contributed by atoms with van der Waals surface area (Å²) in [6, 6.07) is 10.3. The number of aromatic nitrogens is 2. The Labute approximate surface area is 89.7 Å². The fourth-order valence-corrected chi connectivity index (χ4v) is 1.55. The van der Waals surface area contributed by atoms with E-state index in [0.29, 0.717) is 0 Å². The summed E-state index contributed by atoms with van der Waals surface area (Å²) in [5.41, 5.74) is 4.54. The van der Waals surface area contributed by atoms with E-state index in [2.05, 4.69) is 34.5 Å². The number of nitrogens with zero attached hydrogens (tertiary/aromatic N) is 1. The molecule has 1 heterocycles. The van der Waals surface area contributed by atoms with Crippen molar-refractivity contribution in [3.63, 3.8) is 0 Å². The zero-order chi connectivity index (χ0) is 10.7. The Morgan fingerprint density at radius 1 is 1.07 bits per heavy atom. The van der Waals surface area contributed by atoms with Crippen molar-refractivity contribution in [3.8, 4) is 0 Å². The molecule has 0 radical (unpaired) electrons. The largest absolute Gasteiger partial charge is 0.282 e. The van der Waals surface area contributed by atoms with E-state index >= 15 is 0 Å². The van der Waals surface area contributed by atoms with E-state index < -0.39 is 0 Å². The van der Waals surface area contributed by atoms with Crippen LogP contribution in [-0.4, -0.2) is 10.2 Å². The highest BCUT2D eigenvalue weighted by atomic mass is 15.1. The van der Waals surface area contributed by atoms with Crippen molar-refractivity contribution < 1.29 is 0 Å². The van der Waals surface area contributed by atoms with Crippen molar-refractivity contribution in [2.45, 2.75) is 13.8 Å². The zero-order valence-electron chi connectivity index (χ0n) is 8.99. The minimum absolute atomic E-state index is 1.04. The number of hydrogen-bond donors (Lipinski definition) is 1. The second-order valence-corrected chi connectivity index (χ2v) is 3.59.